The Balaban J connectivity index is 1.46. The molecule has 0 saturated carbocycles. The summed E-state index contributed by atoms with van der Waals surface area (Å²) < 4.78 is 16.4. The van der Waals surface area contributed by atoms with Crippen LogP contribution in [0.1, 0.15) is 12.0 Å². The van der Waals surface area contributed by atoms with Gasteiger partial charge in [-0.25, -0.2) is 19.2 Å². The van der Waals surface area contributed by atoms with Gasteiger partial charge in [0, 0.05) is 50.4 Å². The smallest absolute Gasteiger partial charge is 0.317 e. The molecular formula is C22H24FN7O2. The Morgan fingerprint density at radius 1 is 1.34 bits per heavy atom. The topological polar surface area (TPSA) is 111 Å². The number of rotatable bonds is 4. The van der Waals surface area contributed by atoms with Gasteiger partial charge in [0.15, 0.2) is 5.82 Å². The van der Waals surface area contributed by atoms with E-state index in [0.717, 1.165) is 22.1 Å². The first-order chi connectivity index (χ1) is 15.4. The number of benzene rings is 1. The Morgan fingerprint density at radius 3 is 2.94 bits per heavy atom. The summed E-state index contributed by atoms with van der Waals surface area (Å²) >= 11 is 0. The fourth-order valence-corrected chi connectivity index (χ4v) is 4.25. The minimum absolute atomic E-state index is 0.185. The molecule has 5 rings (SSSR count). The summed E-state index contributed by atoms with van der Waals surface area (Å²) in [7, 11) is 3.71. The van der Waals surface area contributed by atoms with E-state index in [1.807, 2.05) is 23.7 Å². The van der Waals surface area contributed by atoms with E-state index in [2.05, 4.69) is 25.6 Å². The van der Waals surface area contributed by atoms with Crippen LogP contribution in [0.2, 0.25) is 0 Å². The molecule has 1 atom stereocenters. The van der Waals surface area contributed by atoms with Crippen LogP contribution >= 0.6 is 0 Å². The van der Waals surface area contributed by atoms with Gasteiger partial charge in [0.25, 0.3) is 0 Å². The molecule has 4 N–H and O–H groups in total. The lowest BCUT2D eigenvalue weighted by atomic mass is 10.1. The summed E-state index contributed by atoms with van der Waals surface area (Å²) in [5, 5.41) is 16.4. The molecule has 2 amide bonds. The lowest BCUT2D eigenvalue weighted by Gasteiger charge is -2.16. The highest BCUT2D eigenvalue weighted by atomic mass is 19.1. The molecule has 4 heterocycles. The van der Waals surface area contributed by atoms with Crippen molar-refractivity contribution in [1.82, 2.24) is 29.7 Å². The molecule has 3 aromatic heterocycles. The molecule has 10 heteroatoms. The van der Waals surface area contributed by atoms with Crippen molar-refractivity contribution in [2.75, 3.05) is 25.5 Å². The van der Waals surface area contributed by atoms with E-state index in [9.17, 15) is 14.3 Å². The summed E-state index contributed by atoms with van der Waals surface area (Å²) in [6.45, 7) is 1.02. The third kappa shape index (κ3) is 3.52. The number of likely N-dealkylation sites (tertiary alicyclic amines) is 1. The van der Waals surface area contributed by atoms with Crippen LogP contribution in [0.3, 0.4) is 0 Å². The van der Waals surface area contributed by atoms with E-state index in [0.29, 0.717) is 42.1 Å². The van der Waals surface area contributed by atoms with E-state index in [-0.39, 0.29) is 12.6 Å². The molecule has 1 aliphatic heterocycles. The maximum Gasteiger partial charge on any atom is 0.317 e. The first-order valence-corrected chi connectivity index (χ1v) is 10.4. The second kappa shape index (κ2) is 7.79. The van der Waals surface area contributed by atoms with Crippen molar-refractivity contribution >= 4 is 33.9 Å². The predicted octanol–water partition coefficient (Wildman–Crippen LogP) is 2.57. The molecular weight excluding hydrogens is 413 g/mol. The number of anilines is 1. The van der Waals surface area contributed by atoms with Crippen LogP contribution in [-0.4, -0.2) is 61.8 Å². The molecule has 1 fully saturated rings. The Labute approximate surface area is 183 Å². The minimum Gasteiger partial charge on any atom is -0.391 e. The van der Waals surface area contributed by atoms with Crippen LogP contribution in [0, 0.1) is 5.82 Å². The maximum absolute atomic E-state index is 14.4. The lowest BCUT2D eigenvalue weighted by molar-refractivity contribution is 0.171. The van der Waals surface area contributed by atoms with Gasteiger partial charge in [0.1, 0.15) is 17.0 Å². The number of aromatic amines is 1. The molecule has 0 spiro atoms. The number of hydrogen-bond donors (Lipinski definition) is 4. The van der Waals surface area contributed by atoms with Gasteiger partial charge in [0.2, 0.25) is 0 Å². The quantitative estimate of drug-likeness (QED) is 0.392. The second-order valence-electron chi connectivity index (χ2n) is 8.10. The minimum atomic E-state index is -0.480. The standard InChI is InChI=1S/C22H24FN7O2/c1-24-21-18-19(29(2)11-26-18)16-8-17(27-20(16)28-21)13-5-12(6-14(23)7-13)9-25-22(32)30-4-3-15(31)10-30/h5-8,11,15,31H,3-4,9-10H2,1-2H3,(H,25,32)(H2,24,27,28). The highest BCUT2D eigenvalue weighted by Crippen LogP contribution is 2.32. The molecule has 1 unspecified atom stereocenters. The summed E-state index contributed by atoms with van der Waals surface area (Å²) in [4.78, 5) is 26.2. The molecule has 0 radical (unpaired) electrons. The van der Waals surface area contributed by atoms with Crippen LogP contribution in [-0.2, 0) is 13.6 Å². The molecule has 1 aliphatic rings. The average molecular weight is 437 g/mol. The first-order valence-electron chi connectivity index (χ1n) is 10.4. The van der Waals surface area contributed by atoms with Gasteiger partial charge < -0.3 is 30.2 Å². The van der Waals surface area contributed by atoms with Gasteiger partial charge in [-0.3, -0.25) is 0 Å². The summed E-state index contributed by atoms with van der Waals surface area (Å²) in [5.41, 5.74) is 4.39. The number of imidazole rings is 1. The Morgan fingerprint density at radius 2 is 2.19 bits per heavy atom. The van der Waals surface area contributed by atoms with E-state index in [1.54, 1.807) is 18.3 Å². The third-order valence-electron chi connectivity index (χ3n) is 5.84. The number of aliphatic hydroxyl groups excluding tert-OH is 1. The van der Waals surface area contributed by atoms with Gasteiger partial charge >= 0.3 is 6.03 Å². The van der Waals surface area contributed by atoms with E-state index in [4.69, 9.17) is 0 Å². The number of halogens is 1. The number of H-pyrrole nitrogens is 1. The molecule has 1 saturated heterocycles. The molecule has 1 aromatic carbocycles. The van der Waals surface area contributed by atoms with Crippen molar-refractivity contribution < 1.29 is 14.3 Å². The van der Waals surface area contributed by atoms with E-state index < -0.39 is 11.9 Å². The van der Waals surface area contributed by atoms with Gasteiger partial charge in [-0.1, -0.05) is 0 Å². The summed E-state index contributed by atoms with van der Waals surface area (Å²) in [6, 6.07) is 6.37. The molecule has 32 heavy (non-hydrogen) atoms. The zero-order valence-electron chi connectivity index (χ0n) is 17.8. The van der Waals surface area contributed by atoms with Gasteiger partial charge in [0.05, 0.1) is 17.9 Å². The number of nitrogens with zero attached hydrogens (tertiary/aromatic N) is 4. The number of fused-ring (bicyclic) bond motifs is 3. The predicted molar refractivity (Wildman–Crippen MR) is 120 cm³/mol. The van der Waals surface area contributed by atoms with Crippen molar-refractivity contribution in [2.45, 2.75) is 19.1 Å². The number of carbonyl (C=O) groups is 1. The van der Waals surface area contributed by atoms with Crippen LogP contribution in [0.4, 0.5) is 15.0 Å². The fourth-order valence-electron chi connectivity index (χ4n) is 4.25. The largest absolute Gasteiger partial charge is 0.391 e. The van der Waals surface area contributed by atoms with Crippen molar-refractivity contribution in [1.29, 1.82) is 0 Å². The van der Waals surface area contributed by atoms with Crippen LogP contribution in [0.5, 0.6) is 0 Å². The van der Waals surface area contributed by atoms with Gasteiger partial charge in [-0.2, -0.15) is 0 Å². The average Bonchev–Trinajstić information content (AvgIpc) is 3.49. The van der Waals surface area contributed by atoms with Crippen molar-refractivity contribution in [2.24, 2.45) is 7.05 Å². The molecule has 166 valence electrons. The first kappa shape index (κ1) is 20.3. The number of urea groups is 1. The van der Waals surface area contributed by atoms with Crippen LogP contribution < -0.4 is 10.6 Å². The normalized spacial score (nSPS) is 16.2. The van der Waals surface area contributed by atoms with Crippen molar-refractivity contribution in [3.05, 3.63) is 42.0 Å². The summed E-state index contributed by atoms with van der Waals surface area (Å²) in [5.74, 6) is 0.271. The molecule has 0 bridgehead atoms. The SMILES string of the molecule is CNc1nc2[nH]c(-c3cc(F)cc(CNC(=O)N4CCC(O)C4)c3)cc2c2c1ncn2C. The number of pyridine rings is 1. The number of aryl methyl sites for hydroxylation is 1. The highest BCUT2D eigenvalue weighted by molar-refractivity contribution is 6.07. The maximum atomic E-state index is 14.4. The Bertz CT molecular complexity index is 1330. The number of nitrogens with one attached hydrogen (secondary N) is 3. The summed E-state index contributed by atoms with van der Waals surface area (Å²) in [6.07, 6.45) is 1.83. The number of aliphatic hydroxyl groups is 1. The second-order valence-corrected chi connectivity index (χ2v) is 8.10. The van der Waals surface area contributed by atoms with Crippen LogP contribution in [0.25, 0.3) is 33.3 Å². The van der Waals surface area contributed by atoms with Gasteiger partial charge in [-0.15, -0.1) is 0 Å². The monoisotopic (exact) mass is 437 g/mol. The van der Waals surface area contributed by atoms with Crippen molar-refractivity contribution in [3.8, 4) is 11.3 Å². The number of aromatic nitrogens is 4. The van der Waals surface area contributed by atoms with Crippen LogP contribution in [0.15, 0.2) is 30.6 Å². The molecule has 0 aliphatic carbocycles. The van der Waals surface area contributed by atoms with E-state index >= 15 is 0 Å². The lowest BCUT2D eigenvalue weighted by Crippen LogP contribution is -2.38. The highest BCUT2D eigenvalue weighted by Gasteiger charge is 2.24. The fraction of sp³-hybridized carbons (Fsp3) is 0.318. The van der Waals surface area contributed by atoms with Crippen molar-refractivity contribution in [3.63, 3.8) is 0 Å². The van der Waals surface area contributed by atoms with E-state index in [1.165, 1.54) is 12.1 Å². The zero-order chi connectivity index (χ0) is 22.4. The number of carbonyl (C=O) groups excluding carboxylic acids is 1. The Hall–Kier alpha value is -3.66. The third-order valence-corrected chi connectivity index (χ3v) is 5.84. The number of β-amino-alcohol motifs (C(OH)–C–C–N with tert-alkyl or cyclic N) is 1. The Kier molecular flexibility index (Phi) is 4.93. The number of hydrogen-bond acceptors (Lipinski definition) is 5. The zero-order valence-corrected chi connectivity index (χ0v) is 17.8. The van der Waals surface area contributed by atoms with Gasteiger partial charge in [-0.05, 0) is 36.2 Å². The molecule has 9 nitrogen and oxygen atoms in total. The number of amides is 2. The molecule has 4 aromatic rings.